The molecule has 0 saturated heterocycles. The summed E-state index contributed by atoms with van der Waals surface area (Å²) >= 11 is 0. The zero-order valence-electron chi connectivity index (χ0n) is 26.2. The first kappa shape index (κ1) is 27.5. The zero-order chi connectivity index (χ0) is 31.2. The van der Waals surface area contributed by atoms with Crippen LogP contribution < -0.4 is 5.32 Å². The molecule has 0 spiro atoms. The van der Waals surface area contributed by atoms with Gasteiger partial charge in [0, 0.05) is 40.0 Å². The van der Waals surface area contributed by atoms with Gasteiger partial charge >= 0.3 is 0 Å². The van der Waals surface area contributed by atoms with E-state index in [9.17, 15) is 0 Å². The molecular weight excluding hydrogens is 569 g/mol. The summed E-state index contributed by atoms with van der Waals surface area (Å²) in [4.78, 5) is 0. The Hall–Kier alpha value is -5.86. The van der Waals surface area contributed by atoms with E-state index in [4.69, 9.17) is 0 Å². The van der Waals surface area contributed by atoms with Crippen molar-refractivity contribution >= 4 is 39.0 Å². The molecule has 0 aliphatic heterocycles. The van der Waals surface area contributed by atoms with E-state index in [1.807, 2.05) is 0 Å². The molecule has 0 bridgehead atoms. The van der Waals surface area contributed by atoms with Crippen LogP contribution in [0.4, 0.5) is 5.69 Å². The average molecular weight is 603 g/mol. The van der Waals surface area contributed by atoms with Gasteiger partial charge in [-0.1, -0.05) is 133 Å². The molecule has 1 heterocycles. The summed E-state index contributed by atoms with van der Waals surface area (Å²) in [6, 6.07) is 50.5. The smallest absolute Gasteiger partial charge is 0.0537 e. The van der Waals surface area contributed by atoms with Crippen molar-refractivity contribution in [1.29, 1.82) is 0 Å². The van der Waals surface area contributed by atoms with Crippen molar-refractivity contribution in [2.75, 3.05) is 5.32 Å². The number of hydrogen-bond acceptors (Lipinski definition) is 1. The van der Waals surface area contributed by atoms with Crippen LogP contribution in [0.5, 0.6) is 0 Å². The van der Waals surface area contributed by atoms with Crippen LogP contribution in [0, 0.1) is 0 Å². The van der Waals surface area contributed by atoms with Crippen LogP contribution in [0.2, 0.25) is 0 Å². The fourth-order valence-electron chi connectivity index (χ4n) is 7.54. The minimum absolute atomic E-state index is 0.865. The monoisotopic (exact) mass is 602 g/mol. The van der Waals surface area contributed by atoms with Crippen molar-refractivity contribution in [1.82, 2.24) is 4.57 Å². The number of rotatable bonds is 6. The highest BCUT2D eigenvalue weighted by Crippen LogP contribution is 2.40. The summed E-state index contributed by atoms with van der Waals surface area (Å²) < 4.78 is 2.50. The lowest BCUT2D eigenvalue weighted by molar-refractivity contribution is 0.887. The summed E-state index contributed by atoms with van der Waals surface area (Å²) in [5, 5.41) is 7.60. The molecule has 7 aromatic rings. The highest BCUT2D eigenvalue weighted by Gasteiger charge is 2.22. The van der Waals surface area contributed by atoms with Crippen LogP contribution in [0.1, 0.15) is 29.7 Å². The van der Waals surface area contributed by atoms with Gasteiger partial charge in [0.05, 0.1) is 11.2 Å². The first-order valence-electron chi connectivity index (χ1n) is 16.5. The molecule has 2 aliphatic rings. The van der Waals surface area contributed by atoms with Gasteiger partial charge in [-0.3, -0.25) is 0 Å². The van der Waals surface area contributed by atoms with E-state index in [2.05, 4.69) is 174 Å². The van der Waals surface area contributed by atoms with Crippen LogP contribution in [-0.4, -0.2) is 4.57 Å². The van der Waals surface area contributed by atoms with E-state index in [0.717, 1.165) is 24.9 Å². The Balaban J connectivity index is 0.986. The molecule has 0 atom stereocenters. The maximum Gasteiger partial charge on any atom is 0.0537 e. The third kappa shape index (κ3) is 4.81. The SMILES string of the molecule is C1=Cc2c(n(-c3ccccc3C3=CC=C(Nc4ccc(-c5cccc6cccc(-c7ccccc7)c56)cc4)C3)c3ccccc23)CC1. The van der Waals surface area contributed by atoms with E-state index < -0.39 is 0 Å². The Morgan fingerprint density at radius 2 is 1.28 bits per heavy atom. The van der Waals surface area contributed by atoms with Gasteiger partial charge in [-0.2, -0.15) is 0 Å². The van der Waals surface area contributed by atoms with Gasteiger partial charge in [-0.25, -0.2) is 0 Å². The van der Waals surface area contributed by atoms with E-state index in [-0.39, 0.29) is 0 Å². The van der Waals surface area contributed by atoms with Gasteiger partial charge < -0.3 is 9.88 Å². The molecule has 1 aromatic heterocycles. The highest BCUT2D eigenvalue weighted by atomic mass is 15.0. The molecule has 0 fully saturated rings. The maximum atomic E-state index is 3.72. The number of benzene rings is 6. The number of hydrogen-bond donors (Lipinski definition) is 1. The molecule has 224 valence electrons. The van der Waals surface area contributed by atoms with Gasteiger partial charge in [0.15, 0.2) is 0 Å². The second-order valence-electron chi connectivity index (χ2n) is 12.5. The van der Waals surface area contributed by atoms with Crippen molar-refractivity contribution in [3.63, 3.8) is 0 Å². The standard InChI is InChI=1S/C45H34N2/c1-2-12-31(13-3-1)38-19-10-14-33-15-11-20-39(45(33)38)32-24-27-35(28-25-32)46-36-29-26-34(30-36)37-16-4-7-21-42(37)47-43-22-8-5-17-40(43)41-18-6-9-23-44(41)47/h1-8,10-22,24-29,46H,9,23,30H2. The molecule has 0 radical (unpaired) electrons. The van der Waals surface area contributed by atoms with Gasteiger partial charge in [0.25, 0.3) is 0 Å². The molecule has 2 nitrogen and oxygen atoms in total. The molecule has 0 amide bonds. The lowest BCUT2D eigenvalue weighted by Gasteiger charge is -2.18. The summed E-state index contributed by atoms with van der Waals surface area (Å²) in [7, 11) is 0. The van der Waals surface area contributed by atoms with Crippen molar-refractivity contribution in [2.45, 2.75) is 19.3 Å². The minimum atomic E-state index is 0.865. The molecule has 0 saturated carbocycles. The number of para-hydroxylation sites is 2. The zero-order valence-corrected chi connectivity index (χ0v) is 26.2. The molecule has 2 heteroatoms. The number of nitrogens with zero attached hydrogens (tertiary/aromatic N) is 1. The van der Waals surface area contributed by atoms with E-state index in [1.165, 1.54) is 77.7 Å². The number of fused-ring (bicyclic) bond motifs is 4. The normalized spacial score (nSPS) is 13.9. The van der Waals surface area contributed by atoms with E-state index >= 15 is 0 Å². The van der Waals surface area contributed by atoms with Crippen LogP contribution in [0.15, 0.2) is 163 Å². The predicted octanol–water partition coefficient (Wildman–Crippen LogP) is 11.9. The van der Waals surface area contributed by atoms with Gasteiger partial charge in [-0.15, -0.1) is 0 Å². The largest absolute Gasteiger partial charge is 0.359 e. The van der Waals surface area contributed by atoms with Crippen LogP contribution in [0.3, 0.4) is 0 Å². The highest BCUT2D eigenvalue weighted by molar-refractivity contribution is 6.06. The van der Waals surface area contributed by atoms with Crippen molar-refractivity contribution in [3.05, 3.63) is 180 Å². The molecule has 1 N–H and O–H groups in total. The van der Waals surface area contributed by atoms with Gasteiger partial charge in [0.1, 0.15) is 0 Å². The molecule has 0 unspecified atom stereocenters. The number of aromatic nitrogens is 1. The van der Waals surface area contributed by atoms with Crippen LogP contribution in [0.25, 0.3) is 61.3 Å². The molecule has 2 aliphatic carbocycles. The Morgan fingerprint density at radius 1 is 0.574 bits per heavy atom. The molecule has 6 aromatic carbocycles. The molecular formula is C45H34N2. The van der Waals surface area contributed by atoms with E-state index in [1.54, 1.807) is 0 Å². The Labute approximate surface area is 275 Å². The second kappa shape index (κ2) is 11.5. The minimum Gasteiger partial charge on any atom is -0.359 e. The lowest BCUT2D eigenvalue weighted by atomic mass is 9.91. The van der Waals surface area contributed by atoms with Crippen molar-refractivity contribution < 1.29 is 0 Å². The van der Waals surface area contributed by atoms with Gasteiger partial charge in [-0.05, 0) is 81.8 Å². The third-order valence-corrected chi connectivity index (χ3v) is 9.70. The first-order valence-corrected chi connectivity index (χ1v) is 16.5. The number of nitrogens with one attached hydrogen (secondary N) is 1. The van der Waals surface area contributed by atoms with Crippen molar-refractivity contribution in [2.24, 2.45) is 0 Å². The molecule has 9 rings (SSSR count). The second-order valence-corrected chi connectivity index (χ2v) is 12.5. The summed E-state index contributed by atoms with van der Waals surface area (Å²) in [6.45, 7) is 0. The first-order chi connectivity index (χ1) is 23.3. The lowest BCUT2D eigenvalue weighted by Crippen LogP contribution is -2.06. The third-order valence-electron chi connectivity index (χ3n) is 9.70. The molecule has 47 heavy (non-hydrogen) atoms. The average Bonchev–Trinajstić information content (AvgIpc) is 3.74. The van der Waals surface area contributed by atoms with Crippen LogP contribution >= 0.6 is 0 Å². The summed E-state index contributed by atoms with van der Waals surface area (Å²) in [5.41, 5.74) is 15.2. The topological polar surface area (TPSA) is 17.0 Å². The van der Waals surface area contributed by atoms with Crippen molar-refractivity contribution in [3.8, 4) is 27.9 Å². The summed E-state index contributed by atoms with van der Waals surface area (Å²) in [5.74, 6) is 0. The fraction of sp³-hybridized carbons (Fsp3) is 0.0667. The Morgan fingerprint density at radius 3 is 2.11 bits per heavy atom. The predicted molar refractivity (Wildman–Crippen MR) is 200 cm³/mol. The van der Waals surface area contributed by atoms with E-state index in [0.29, 0.717) is 0 Å². The Bertz CT molecular complexity index is 2380. The fourth-order valence-corrected chi connectivity index (χ4v) is 7.54. The number of allylic oxidation sites excluding steroid dienone is 4. The quantitative estimate of drug-likeness (QED) is 0.200. The van der Waals surface area contributed by atoms with Crippen LogP contribution in [-0.2, 0) is 6.42 Å². The van der Waals surface area contributed by atoms with Gasteiger partial charge in [0.2, 0.25) is 0 Å². The Kier molecular flexibility index (Phi) is 6.71. The maximum absolute atomic E-state index is 3.72. The number of anilines is 1. The summed E-state index contributed by atoms with van der Waals surface area (Å²) in [6.07, 6.45) is 12.1.